The minimum Gasteiger partial charge on any atom is -0.300 e. The summed E-state index contributed by atoms with van der Waals surface area (Å²) < 4.78 is 0. The first-order valence-corrected chi connectivity index (χ1v) is 15.8. The van der Waals surface area contributed by atoms with Gasteiger partial charge in [-0.15, -0.1) is 0 Å². The van der Waals surface area contributed by atoms with Gasteiger partial charge in [-0.25, -0.2) is 0 Å². The van der Waals surface area contributed by atoms with E-state index < -0.39 is 0 Å². The molecule has 0 heterocycles. The molecule has 0 spiro atoms. The molecule has 39 heavy (non-hydrogen) atoms. The van der Waals surface area contributed by atoms with Crippen LogP contribution in [0.15, 0.2) is 6.07 Å². The van der Waals surface area contributed by atoms with Crippen LogP contribution < -0.4 is 0 Å². The van der Waals surface area contributed by atoms with Crippen molar-refractivity contribution in [2.75, 3.05) is 0 Å². The van der Waals surface area contributed by atoms with Crippen LogP contribution in [0.25, 0.3) is 0 Å². The average Bonchev–Trinajstić information content (AvgIpc) is 2.79. The summed E-state index contributed by atoms with van der Waals surface area (Å²) in [7, 11) is 0. The summed E-state index contributed by atoms with van der Waals surface area (Å²) in [5.74, 6) is 1.88. The summed E-state index contributed by atoms with van der Waals surface area (Å²) in [5.41, 5.74) is 6.46. The summed E-state index contributed by atoms with van der Waals surface area (Å²) in [6, 6.07) is 2.41. The normalized spacial score (nSPS) is 18.3. The monoisotopic (exact) mass is 538 g/mol. The van der Waals surface area contributed by atoms with Crippen molar-refractivity contribution in [3.8, 4) is 0 Å². The van der Waals surface area contributed by atoms with Gasteiger partial charge in [0.25, 0.3) is 0 Å². The summed E-state index contributed by atoms with van der Waals surface area (Å²) >= 11 is 0. The van der Waals surface area contributed by atoms with Crippen LogP contribution in [0.1, 0.15) is 153 Å². The maximum Gasteiger partial charge on any atom is 0.163 e. The molecule has 0 saturated carbocycles. The second-order valence-corrected chi connectivity index (χ2v) is 14.4. The van der Waals surface area contributed by atoms with E-state index in [4.69, 9.17) is 0 Å². The number of fused-ring (bicyclic) bond motifs is 1. The summed E-state index contributed by atoms with van der Waals surface area (Å²) in [5, 5.41) is 0. The molecule has 0 radical (unpaired) electrons. The lowest BCUT2D eigenvalue weighted by Crippen LogP contribution is -2.35. The molecule has 1 aromatic carbocycles. The van der Waals surface area contributed by atoms with Crippen LogP contribution in [0.4, 0.5) is 0 Å². The van der Waals surface area contributed by atoms with E-state index in [1.54, 1.807) is 0 Å². The number of carbonyl (C=O) groups is 3. The highest BCUT2D eigenvalue weighted by atomic mass is 16.1. The molecule has 0 aromatic heterocycles. The molecule has 1 aliphatic carbocycles. The van der Waals surface area contributed by atoms with Gasteiger partial charge in [0, 0.05) is 17.9 Å². The Labute approximate surface area is 240 Å². The lowest BCUT2D eigenvalue weighted by Gasteiger charge is -2.38. The van der Waals surface area contributed by atoms with Crippen LogP contribution in [0, 0.1) is 41.9 Å². The highest BCUT2D eigenvalue weighted by molar-refractivity contribution is 6.01. The van der Waals surface area contributed by atoms with Gasteiger partial charge < -0.3 is 0 Å². The summed E-state index contributed by atoms with van der Waals surface area (Å²) in [4.78, 5) is 38.9. The highest BCUT2D eigenvalue weighted by Gasteiger charge is 2.38. The van der Waals surface area contributed by atoms with Gasteiger partial charge in [-0.1, -0.05) is 74.8 Å². The van der Waals surface area contributed by atoms with Gasteiger partial charge in [-0.05, 0) is 110 Å². The minimum atomic E-state index is -0.116. The fraction of sp³-hybridized carbons (Fsp3) is 0.750. The van der Waals surface area contributed by atoms with Crippen LogP contribution in [0.3, 0.4) is 0 Å². The molecule has 4 unspecified atom stereocenters. The largest absolute Gasteiger partial charge is 0.300 e. The van der Waals surface area contributed by atoms with Crippen LogP contribution in [0.5, 0.6) is 0 Å². The molecule has 0 fully saturated rings. The number of Topliss-reactive ketones (excluding diaryl/α,β-unsaturated/α-hetero) is 3. The van der Waals surface area contributed by atoms with E-state index >= 15 is 0 Å². The summed E-state index contributed by atoms with van der Waals surface area (Å²) in [6.07, 6.45) is 7.51. The second kappa shape index (κ2) is 14.2. The minimum absolute atomic E-state index is 0.0324. The molecule has 0 amide bonds. The van der Waals surface area contributed by atoms with Crippen molar-refractivity contribution < 1.29 is 14.4 Å². The van der Waals surface area contributed by atoms with E-state index in [2.05, 4.69) is 75.3 Å². The maximum atomic E-state index is 13.8. The Hall–Kier alpha value is -1.77. The number of hydrogen-bond donors (Lipinski definition) is 0. The number of aryl methyl sites for hydroxylation is 1. The van der Waals surface area contributed by atoms with Crippen LogP contribution >= 0.6 is 0 Å². The Morgan fingerprint density at radius 2 is 1.64 bits per heavy atom. The first-order valence-electron chi connectivity index (χ1n) is 15.8. The molecule has 0 aliphatic heterocycles. The van der Waals surface area contributed by atoms with Crippen LogP contribution in [0.2, 0.25) is 0 Å². The lowest BCUT2D eigenvalue weighted by molar-refractivity contribution is -0.130. The summed E-state index contributed by atoms with van der Waals surface area (Å²) in [6.45, 7) is 23.9. The van der Waals surface area contributed by atoms with Gasteiger partial charge >= 0.3 is 0 Å². The molecule has 0 saturated heterocycles. The van der Waals surface area contributed by atoms with Gasteiger partial charge in [0.05, 0.1) is 6.42 Å². The second-order valence-electron chi connectivity index (χ2n) is 14.4. The quantitative estimate of drug-likeness (QED) is 0.222. The SMILES string of the molecule is CCC(C(=O)CC(C)=O)C(CC1CC(=O)c2c(C)c(CCCC(C)(C)C)cc(C(C)C)c2C1)C(CC)C(C)C. The van der Waals surface area contributed by atoms with Gasteiger partial charge in [0.15, 0.2) is 5.78 Å². The van der Waals surface area contributed by atoms with Gasteiger partial charge in [-0.2, -0.15) is 0 Å². The Kier molecular flexibility index (Phi) is 12.2. The van der Waals surface area contributed by atoms with Crippen molar-refractivity contribution in [3.05, 3.63) is 33.9 Å². The number of ketones is 3. The van der Waals surface area contributed by atoms with Crippen LogP contribution in [-0.2, 0) is 22.4 Å². The molecule has 4 atom stereocenters. The molecule has 1 aromatic rings. The zero-order valence-corrected chi connectivity index (χ0v) is 27.1. The van der Waals surface area contributed by atoms with Gasteiger partial charge in [-0.3, -0.25) is 14.4 Å². The predicted molar refractivity (Wildman–Crippen MR) is 165 cm³/mol. The van der Waals surface area contributed by atoms with Gasteiger partial charge in [0.1, 0.15) is 11.6 Å². The fourth-order valence-corrected chi connectivity index (χ4v) is 7.42. The lowest BCUT2D eigenvalue weighted by atomic mass is 9.65. The van der Waals surface area contributed by atoms with E-state index in [1.807, 2.05) is 0 Å². The van der Waals surface area contributed by atoms with Crippen molar-refractivity contribution in [1.29, 1.82) is 0 Å². The molecule has 2 rings (SSSR count). The number of hydrogen-bond acceptors (Lipinski definition) is 3. The molecule has 1 aliphatic rings. The Morgan fingerprint density at radius 1 is 1.00 bits per heavy atom. The number of benzene rings is 1. The van der Waals surface area contributed by atoms with Crippen molar-refractivity contribution in [3.63, 3.8) is 0 Å². The first kappa shape index (κ1) is 33.4. The van der Waals surface area contributed by atoms with E-state index in [-0.39, 0.29) is 41.5 Å². The van der Waals surface area contributed by atoms with E-state index in [9.17, 15) is 14.4 Å². The van der Waals surface area contributed by atoms with Crippen molar-refractivity contribution >= 4 is 17.3 Å². The number of carbonyl (C=O) groups excluding carboxylic acids is 3. The van der Waals surface area contributed by atoms with Crippen LogP contribution in [-0.4, -0.2) is 17.3 Å². The molecular weight excluding hydrogens is 480 g/mol. The molecule has 0 bridgehead atoms. The van der Waals surface area contributed by atoms with E-state index in [0.717, 1.165) is 44.1 Å². The third-order valence-electron chi connectivity index (χ3n) is 9.35. The average molecular weight is 539 g/mol. The topological polar surface area (TPSA) is 51.2 Å². The fourth-order valence-electron chi connectivity index (χ4n) is 7.42. The zero-order chi connectivity index (χ0) is 29.7. The maximum absolute atomic E-state index is 13.8. The predicted octanol–water partition coefficient (Wildman–Crippen LogP) is 9.50. The van der Waals surface area contributed by atoms with Crippen molar-refractivity contribution in [1.82, 2.24) is 0 Å². The number of rotatable bonds is 14. The van der Waals surface area contributed by atoms with E-state index in [1.165, 1.54) is 35.6 Å². The molecule has 0 N–H and O–H groups in total. The molecule has 3 nitrogen and oxygen atoms in total. The third kappa shape index (κ3) is 8.86. The van der Waals surface area contributed by atoms with Gasteiger partial charge in [0.2, 0.25) is 0 Å². The standard InChI is InChI=1S/C36H58O3/c1-12-28(22(3)4)31(29(13-2)33(38)17-24(7)37)18-26-19-32-30(23(5)6)21-27(15-14-16-36(9,10)11)25(8)35(32)34(39)20-26/h21-23,26,28-29,31H,12-20H2,1-11H3. The highest BCUT2D eigenvalue weighted by Crippen LogP contribution is 2.43. The third-order valence-corrected chi connectivity index (χ3v) is 9.35. The Bertz CT molecular complexity index is 1010. The van der Waals surface area contributed by atoms with E-state index in [0.29, 0.717) is 29.6 Å². The molecule has 220 valence electrons. The zero-order valence-electron chi connectivity index (χ0n) is 27.1. The molecular formula is C36H58O3. The van der Waals surface area contributed by atoms with Crippen molar-refractivity contribution in [2.24, 2.45) is 35.0 Å². The Morgan fingerprint density at radius 3 is 2.13 bits per heavy atom. The van der Waals surface area contributed by atoms with Crippen molar-refractivity contribution in [2.45, 2.75) is 140 Å². The molecule has 3 heteroatoms. The Balaban J connectivity index is 2.45. The smallest absolute Gasteiger partial charge is 0.163 e. The first-order chi connectivity index (χ1) is 18.1.